The molecular formula is C14H17ClN2O. The van der Waals surface area contributed by atoms with Gasteiger partial charge in [-0.15, -0.1) is 0 Å². The number of fused-ring (bicyclic) bond motifs is 1. The summed E-state index contributed by atoms with van der Waals surface area (Å²) in [6, 6.07) is 7.85. The fourth-order valence-electron chi connectivity index (χ4n) is 1.93. The molecule has 0 radical (unpaired) electrons. The third kappa shape index (κ3) is 2.80. The Kier molecular flexibility index (Phi) is 4.53. The van der Waals surface area contributed by atoms with E-state index in [1.54, 1.807) is 6.20 Å². The second-order valence-corrected chi connectivity index (χ2v) is 4.68. The van der Waals surface area contributed by atoms with Crippen LogP contribution in [0, 0.1) is 0 Å². The van der Waals surface area contributed by atoms with Gasteiger partial charge in [-0.1, -0.05) is 24.6 Å². The van der Waals surface area contributed by atoms with E-state index >= 15 is 0 Å². The fourth-order valence-corrected chi connectivity index (χ4v) is 2.15. The number of nitrogens with one attached hydrogen (secondary N) is 1. The number of hydrogen-bond acceptors (Lipinski definition) is 3. The Balaban J connectivity index is 2.26. The van der Waals surface area contributed by atoms with Crippen LogP contribution in [0.4, 0.5) is 0 Å². The van der Waals surface area contributed by atoms with E-state index < -0.39 is 0 Å². The molecule has 1 atom stereocenters. The SMILES string of the molecule is CC[C@H](CO)NCc1ccc(Cl)c2cccnc12. The summed E-state index contributed by atoms with van der Waals surface area (Å²) in [5.41, 5.74) is 2.02. The van der Waals surface area contributed by atoms with E-state index in [9.17, 15) is 0 Å². The zero-order valence-corrected chi connectivity index (χ0v) is 11.1. The third-order valence-corrected chi connectivity index (χ3v) is 3.42. The summed E-state index contributed by atoms with van der Waals surface area (Å²) in [4.78, 5) is 4.38. The van der Waals surface area contributed by atoms with Gasteiger partial charge in [0.2, 0.25) is 0 Å². The summed E-state index contributed by atoms with van der Waals surface area (Å²) in [5.74, 6) is 0. The second-order valence-electron chi connectivity index (χ2n) is 4.27. The van der Waals surface area contributed by atoms with Gasteiger partial charge in [0.15, 0.2) is 0 Å². The Morgan fingerprint density at radius 2 is 2.22 bits per heavy atom. The van der Waals surface area contributed by atoms with Crippen LogP contribution in [-0.4, -0.2) is 22.7 Å². The first-order valence-corrected chi connectivity index (χ1v) is 6.50. The van der Waals surface area contributed by atoms with Gasteiger partial charge in [-0.25, -0.2) is 0 Å². The van der Waals surface area contributed by atoms with Crippen molar-refractivity contribution in [2.24, 2.45) is 0 Å². The molecule has 0 aliphatic heterocycles. The highest BCUT2D eigenvalue weighted by Crippen LogP contribution is 2.24. The van der Waals surface area contributed by atoms with Crippen molar-refractivity contribution in [3.05, 3.63) is 41.0 Å². The van der Waals surface area contributed by atoms with Crippen LogP contribution < -0.4 is 5.32 Å². The molecular weight excluding hydrogens is 248 g/mol. The number of benzene rings is 1. The van der Waals surface area contributed by atoms with Crippen molar-refractivity contribution < 1.29 is 5.11 Å². The lowest BCUT2D eigenvalue weighted by Crippen LogP contribution is -2.31. The van der Waals surface area contributed by atoms with Gasteiger partial charge in [0.25, 0.3) is 0 Å². The molecule has 0 amide bonds. The maximum atomic E-state index is 9.16. The molecule has 18 heavy (non-hydrogen) atoms. The standard InChI is InChI=1S/C14H17ClN2O/c1-2-11(9-18)17-8-10-5-6-13(15)12-4-3-7-16-14(10)12/h3-7,11,17-18H,2,8-9H2,1H3/t11-/m1/s1. The van der Waals surface area contributed by atoms with E-state index in [0.29, 0.717) is 6.54 Å². The highest BCUT2D eigenvalue weighted by Gasteiger charge is 2.08. The van der Waals surface area contributed by atoms with Crippen LogP contribution in [0.5, 0.6) is 0 Å². The van der Waals surface area contributed by atoms with E-state index in [2.05, 4.69) is 10.3 Å². The molecule has 1 aromatic carbocycles. The molecule has 0 bridgehead atoms. The maximum absolute atomic E-state index is 9.16. The number of pyridine rings is 1. The summed E-state index contributed by atoms with van der Waals surface area (Å²) in [7, 11) is 0. The number of halogens is 1. The average molecular weight is 265 g/mol. The van der Waals surface area contributed by atoms with Crippen molar-refractivity contribution in [2.45, 2.75) is 25.9 Å². The summed E-state index contributed by atoms with van der Waals surface area (Å²) in [6.45, 7) is 2.88. The average Bonchev–Trinajstić information content (AvgIpc) is 2.42. The Bertz CT molecular complexity index is 526. The van der Waals surface area contributed by atoms with Crippen LogP contribution >= 0.6 is 11.6 Å². The van der Waals surface area contributed by atoms with E-state index in [1.165, 1.54) is 0 Å². The van der Waals surface area contributed by atoms with Crippen molar-refractivity contribution >= 4 is 22.5 Å². The van der Waals surface area contributed by atoms with Crippen LogP contribution in [0.1, 0.15) is 18.9 Å². The quantitative estimate of drug-likeness (QED) is 0.873. The van der Waals surface area contributed by atoms with Gasteiger partial charge < -0.3 is 10.4 Å². The van der Waals surface area contributed by atoms with Crippen molar-refractivity contribution in [1.82, 2.24) is 10.3 Å². The molecule has 0 saturated heterocycles. The normalized spacial score (nSPS) is 12.8. The molecule has 0 unspecified atom stereocenters. The van der Waals surface area contributed by atoms with Crippen LogP contribution in [0.15, 0.2) is 30.5 Å². The van der Waals surface area contributed by atoms with Crippen molar-refractivity contribution in [1.29, 1.82) is 0 Å². The van der Waals surface area contributed by atoms with Crippen molar-refractivity contribution in [3.63, 3.8) is 0 Å². The molecule has 2 aromatic rings. The van der Waals surface area contributed by atoms with Crippen LogP contribution in [0.25, 0.3) is 10.9 Å². The molecule has 2 N–H and O–H groups in total. The van der Waals surface area contributed by atoms with E-state index in [4.69, 9.17) is 16.7 Å². The first kappa shape index (κ1) is 13.3. The Labute approximate surface area is 112 Å². The van der Waals surface area contributed by atoms with Crippen LogP contribution in [0.2, 0.25) is 5.02 Å². The minimum atomic E-state index is 0.124. The van der Waals surface area contributed by atoms with E-state index in [1.807, 2.05) is 31.2 Å². The Morgan fingerprint density at radius 3 is 2.94 bits per heavy atom. The molecule has 2 rings (SSSR count). The number of nitrogens with zero attached hydrogens (tertiary/aromatic N) is 1. The van der Waals surface area contributed by atoms with Gasteiger partial charge in [-0.05, 0) is 30.2 Å². The number of aromatic nitrogens is 1. The van der Waals surface area contributed by atoms with Crippen LogP contribution in [0.3, 0.4) is 0 Å². The predicted molar refractivity (Wildman–Crippen MR) is 74.8 cm³/mol. The first-order valence-electron chi connectivity index (χ1n) is 6.12. The molecule has 0 aliphatic rings. The molecule has 0 fully saturated rings. The van der Waals surface area contributed by atoms with Gasteiger partial charge in [0, 0.05) is 29.2 Å². The van der Waals surface area contributed by atoms with Gasteiger partial charge in [-0.2, -0.15) is 0 Å². The highest BCUT2D eigenvalue weighted by molar-refractivity contribution is 6.35. The summed E-state index contributed by atoms with van der Waals surface area (Å²) in [5, 5.41) is 14.2. The van der Waals surface area contributed by atoms with E-state index in [-0.39, 0.29) is 12.6 Å². The molecule has 3 nitrogen and oxygen atoms in total. The smallest absolute Gasteiger partial charge is 0.0761 e. The molecule has 1 aromatic heterocycles. The lowest BCUT2D eigenvalue weighted by atomic mass is 10.1. The summed E-state index contributed by atoms with van der Waals surface area (Å²) in [6.07, 6.45) is 2.67. The van der Waals surface area contributed by atoms with E-state index in [0.717, 1.165) is 27.9 Å². The molecule has 1 heterocycles. The predicted octanol–water partition coefficient (Wildman–Crippen LogP) is 2.75. The molecule has 96 valence electrons. The number of hydrogen-bond donors (Lipinski definition) is 2. The first-order chi connectivity index (χ1) is 8.76. The second kappa shape index (κ2) is 6.14. The minimum Gasteiger partial charge on any atom is -0.395 e. The topological polar surface area (TPSA) is 45.1 Å². The summed E-state index contributed by atoms with van der Waals surface area (Å²) >= 11 is 6.15. The zero-order chi connectivity index (χ0) is 13.0. The van der Waals surface area contributed by atoms with Crippen molar-refractivity contribution in [3.8, 4) is 0 Å². The Hall–Kier alpha value is -1.16. The number of aliphatic hydroxyl groups excluding tert-OH is 1. The maximum Gasteiger partial charge on any atom is 0.0761 e. The minimum absolute atomic E-state index is 0.124. The fraction of sp³-hybridized carbons (Fsp3) is 0.357. The van der Waals surface area contributed by atoms with Gasteiger partial charge in [0.1, 0.15) is 0 Å². The largest absolute Gasteiger partial charge is 0.395 e. The molecule has 0 spiro atoms. The molecule has 0 aliphatic carbocycles. The number of rotatable bonds is 5. The molecule has 0 saturated carbocycles. The van der Waals surface area contributed by atoms with Crippen molar-refractivity contribution in [2.75, 3.05) is 6.61 Å². The van der Waals surface area contributed by atoms with Gasteiger partial charge in [0.05, 0.1) is 12.1 Å². The molecule has 4 heteroatoms. The third-order valence-electron chi connectivity index (χ3n) is 3.09. The lowest BCUT2D eigenvalue weighted by molar-refractivity contribution is 0.238. The Morgan fingerprint density at radius 1 is 1.39 bits per heavy atom. The number of aliphatic hydroxyl groups is 1. The van der Waals surface area contributed by atoms with Gasteiger partial charge >= 0.3 is 0 Å². The summed E-state index contributed by atoms with van der Waals surface area (Å²) < 4.78 is 0. The highest BCUT2D eigenvalue weighted by atomic mass is 35.5. The lowest BCUT2D eigenvalue weighted by Gasteiger charge is -2.15. The van der Waals surface area contributed by atoms with Crippen LogP contribution in [-0.2, 0) is 6.54 Å². The monoisotopic (exact) mass is 264 g/mol. The zero-order valence-electron chi connectivity index (χ0n) is 10.4. The van der Waals surface area contributed by atoms with Gasteiger partial charge in [-0.3, -0.25) is 4.98 Å².